The lowest BCUT2D eigenvalue weighted by Crippen LogP contribution is -2.34. The van der Waals surface area contributed by atoms with Crippen LogP contribution in [0.2, 0.25) is 0 Å². The fourth-order valence-corrected chi connectivity index (χ4v) is 1.89. The molecule has 0 aromatic heterocycles. The summed E-state index contributed by atoms with van der Waals surface area (Å²) in [7, 11) is 1.62. The van der Waals surface area contributed by atoms with E-state index in [0.717, 1.165) is 30.9 Å². The Labute approximate surface area is 95.2 Å². The molecule has 0 saturated carbocycles. The molecule has 2 rings (SSSR count). The predicted molar refractivity (Wildman–Crippen MR) is 62.8 cm³/mol. The molecular formula is C12H16N2O2. The van der Waals surface area contributed by atoms with Crippen LogP contribution in [-0.4, -0.2) is 32.7 Å². The number of hydrogen-bond acceptors (Lipinski definition) is 3. The van der Waals surface area contributed by atoms with Gasteiger partial charge in [0.15, 0.2) is 0 Å². The van der Waals surface area contributed by atoms with Gasteiger partial charge in [0.05, 0.1) is 19.3 Å². The van der Waals surface area contributed by atoms with Gasteiger partial charge in [-0.25, -0.2) is 0 Å². The van der Waals surface area contributed by atoms with Crippen molar-refractivity contribution >= 4 is 11.6 Å². The third-order valence-electron chi connectivity index (χ3n) is 2.69. The van der Waals surface area contributed by atoms with E-state index in [1.165, 1.54) is 0 Å². The maximum Gasteiger partial charge on any atom is 0.241 e. The Morgan fingerprint density at radius 3 is 3.00 bits per heavy atom. The van der Waals surface area contributed by atoms with Gasteiger partial charge in [-0.05, 0) is 25.1 Å². The van der Waals surface area contributed by atoms with Crippen LogP contribution >= 0.6 is 0 Å². The van der Waals surface area contributed by atoms with E-state index >= 15 is 0 Å². The van der Waals surface area contributed by atoms with Crippen LogP contribution in [0.5, 0.6) is 5.75 Å². The van der Waals surface area contributed by atoms with Crippen LogP contribution in [-0.2, 0) is 4.79 Å². The molecule has 1 amide bonds. The Hall–Kier alpha value is -1.55. The van der Waals surface area contributed by atoms with Gasteiger partial charge < -0.3 is 15.0 Å². The van der Waals surface area contributed by atoms with Crippen molar-refractivity contribution in [2.75, 3.05) is 31.6 Å². The van der Waals surface area contributed by atoms with Crippen molar-refractivity contribution < 1.29 is 9.53 Å². The fourth-order valence-electron chi connectivity index (χ4n) is 1.89. The topological polar surface area (TPSA) is 41.6 Å². The van der Waals surface area contributed by atoms with Gasteiger partial charge in [0.2, 0.25) is 5.91 Å². The highest BCUT2D eigenvalue weighted by atomic mass is 16.5. The smallest absolute Gasteiger partial charge is 0.241 e. The molecule has 0 radical (unpaired) electrons. The number of amides is 1. The van der Waals surface area contributed by atoms with Gasteiger partial charge in [0, 0.05) is 6.54 Å². The van der Waals surface area contributed by atoms with Crippen molar-refractivity contribution in [3.63, 3.8) is 0 Å². The minimum absolute atomic E-state index is 0.0991. The maximum atomic E-state index is 11.9. The predicted octanol–water partition coefficient (Wildman–Crippen LogP) is 1.02. The van der Waals surface area contributed by atoms with Crippen molar-refractivity contribution in [2.24, 2.45) is 0 Å². The highest BCUT2D eigenvalue weighted by Crippen LogP contribution is 2.28. The summed E-state index contributed by atoms with van der Waals surface area (Å²) < 4.78 is 5.27. The van der Waals surface area contributed by atoms with Crippen molar-refractivity contribution in [1.29, 1.82) is 0 Å². The summed E-state index contributed by atoms with van der Waals surface area (Å²) in [6, 6.07) is 7.62. The molecule has 0 aliphatic carbocycles. The summed E-state index contributed by atoms with van der Waals surface area (Å²) in [4.78, 5) is 13.7. The van der Waals surface area contributed by atoms with Crippen molar-refractivity contribution in [2.45, 2.75) is 6.42 Å². The van der Waals surface area contributed by atoms with Gasteiger partial charge in [-0.15, -0.1) is 0 Å². The Morgan fingerprint density at radius 2 is 2.19 bits per heavy atom. The lowest BCUT2D eigenvalue weighted by molar-refractivity contribution is -0.117. The number of nitrogens with one attached hydrogen (secondary N) is 1. The minimum atomic E-state index is 0.0991. The zero-order valence-electron chi connectivity index (χ0n) is 9.40. The number of rotatable bonds is 2. The van der Waals surface area contributed by atoms with Crippen LogP contribution in [0.3, 0.4) is 0 Å². The Kier molecular flexibility index (Phi) is 3.41. The van der Waals surface area contributed by atoms with E-state index in [2.05, 4.69) is 5.32 Å². The third kappa shape index (κ3) is 2.17. The molecular weight excluding hydrogens is 204 g/mol. The highest BCUT2D eigenvalue weighted by molar-refractivity contribution is 5.96. The van der Waals surface area contributed by atoms with E-state index in [1.807, 2.05) is 24.3 Å². The summed E-state index contributed by atoms with van der Waals surface area (Å²) in [5, 5.41) is 3.10. The molecule has 86 valence electrons. The number of benzene rings is 1. The molecule has 4 heteroatoms. The number of methoxy groups -OCH3 is 1. The Bertz CT molecular complexity index is 379. The number of ether oxygens (including phenoxy) is 1. The largest absolute Gasteiger partial charge is 0.495 e. The third-order valence-corrected chi connectivity index (χ3v) is 2.69. The number of anilines is 1. The second-order valence-electron chi connectivity index (χ2n) is 3.75. The second kappa shape index (κ2) is 4.99. The molecule has 1 fully saturated rings. The van der Waals surface area contributed by atoms with E-state index in [-0.39, 0.29) is 5.91 Å². The monoisotopic (exact) mass is 220 g/mol. The van der Waals surface area contributed by atoms with Gasteiger partial charge >= 0.3 is 0 Å². The second-order valence-corrected chi connectivity index (χ2v) is 3.75. The van der Waals surface area contributed by atoms with E-state index in [0.29, 0.717) is 6.54 Å². The van der Waals surface area contributed by atoms with E-state index < -0.39 is 0 Å². The van der Waals surface area contributed by atoms with Crippen molar-refractivity contribution in [3.8, 4) is 5.75 Å². The van der Waals surface area contributed by atoms with Gasteiger partial charge in [-0.3, -0.25) is 4.79 Å². The maximum absolute atomic E-state index is 11.9. The number of hydrogen-bond donors (Lipinski definition) is 1. The van der Waals surface area contributed by atoms with Gasteiger partial charge in [0.1, 0.15) is 5.75 Å². The van der Waals surface area contributed by atoms with Crippen LogP contribution < -0.4 is 15.0 Å². The van der Waals surface area contributed by atoms with Crippen LogP contribution in [0.15, 0.2) is 24.3 Å². The minimum Gasteiger partial charge on any atom is -0.495 e. The fraction of sp³-hybridized carbons (Fsp3) is 0.417. The molecule has 0 bridgehead atoms. The van der Waals surface area contributed by atoms with Crippen LogP contribution in [0.4, 0.5) is 5.69 Å². The summed E-state index contributed by atoms with van der Waals surface area (Å²) in [5.41, 5.74) is 0.860. The van der Waals surface area contributed by atoms with Gasteiger partial charge in [-0.1, -0.05) is 12.1 Å². The highest BCUT2D eigenvalue weighted by Gasteiger charge is 2.20. The number of carbonyl (C=O) groups excluding carboxylic acids is 1. The van der Waals surface area contributed by atoms with E-state index in [1.54, 1.807) is 12.0 Å². The summed E-state index contributed by atoms with van der Waals surface area (Å²) >= 11 is 0. The summed E-state index contributed by atoms with van der Waals surface area (Å²) in [6.07, 6.45) is 0.962. The van der Waals surface area contributed by atoms with Gasteiger partial charge in [-0.2, -0.15) is 0 Å². The van der Waals surface area contributed by atoms with Crippen molar-refractivity contribution in [1.82, 2.24) is 5.32 Å². The molecule has 1 heterocycles. The zero-order valence-corrected chi connectivity index (χ0v) is 9.40. The van der Waals surface area contributed by atoms with E-state index in [9.17, 15) is 4.79 Å². The summed E-state index contributed by atoms with van der Waals surface area (Å²) in [6.45, 7) is 2.03. The summed E-state index contributed by atoms with van der Waals surface area (Å²) in [5.74, 6) is 0.847. The molecule has 1 aromatic rings. The van der Waals surface area contributed by atoms with Crippen LogP contribution in [0.1, 0.15) is 6.42 Å². The molecule has 16 heavy (non-hydrogen) atoms. The van der Waals surface area contributed by atoms with Crippen LogP contribution in [0.25, 0.3) is 0 Å². The average Bonchev–Trinajstić information content (AvgIpc) is 2.54. The number of para-hydroxylation sites is 2. The number of nitrogens with zero attached hydrogens (tertiary/aromatic N) is 1. The quantitative estimate of drug-likeness (QED) is 0.809. The molecule has 1 aromatic carbocycles. The molecule has 1 N–H and O–H groups in total. The zero-order chi connectivity index (χ0) is 11.4. The van der Waals surface area contributed by atoms with Crippen molar-refractivity contribution in [3.05, 3.63) is 24.3 Å². The molecule has 0 atom stereocenters. The Balaban J connectivity index is 2.30. The average molecular weight is 220 g/mol. The first kappa shape index (κ1) is 11.0. The molecule has 1 saturated heterocycles. The molecule has 4 nitrogen and oxygen atoms in total. The first-order valence-corrected chi connectivity index (χ1v) is 5.47. The van der Waals surface area contributed by atoms with Gasteiger partial charge in [0.25, 0.3) is 0 Å². The lowest BCUT2D eigenvalue weighted by Gasteiger charge is -2.22. The first-order valence-electron chi connectivity index (χ1n) is 5.47. The molecule has 1 aliphatic heterocycles. The SMILES string of the molecule is COc1ccccc1N1CCCNCC1=O. The molecule has 1 aliphatic rings. The lowest BCUT2D eigenvalue weighted by atomic mass is 10.2. The number of carbonyl (C=O) groups is 1. The normalized spacial score (nSPS) is 17.1. The molecule has 0 unspecified atom stereocenters. The Morgan fingerprint density at radius 1 is 1.38 bits per heavy atom. The first-order chi connectivity index (χ1) is 7.83. The molecule has 0 spiro atoms. The van der Waals surface area contributed by atoms with Crippen LogP contribution in [0, 0.1) is 0 Å². The standard InChI is InChI=1S/C12H16N2O2/c1-16-11-6-3-2-5-10(11)14-8-4-7-13-9-12(14)15/h2-3,5-6,13H,4,7-9H2,1H3. The van der Waals surface area contributed by atoms with E-state index in [4.69, 9.17) is 4.74 Å².